The van der Waals surface area contributed by atoms with Gasteiger partial charge in [-0.25, -0.2) is 0 Å². The lowest BCUT2D eigenvalue weighted by Crippen LogP contribution is -1.95. The average molecular weight is 253 g/mol. The molecule has 2 aromatic rings. The van der Waals surface area contributed by atoms with Gasteiger partial charge in [0.05, 0.1) is 17.4 Å². The first-order chi connectivity index (χ1) is 8.13. The number of ether oxygens (including phenoxy) is 1. The Labute approximate surface area is 104 Å². The topological polar surface area (TPSA) is 65.2 Å². The number of nitrogen functional groups attached to an aromatic ring is 1. The van der Waals surface area contributed by atoms with Gasteiger partial charge in [0.25, 0.3) is 0 Å². The molecule has 1 aromatic carbocycles. The third kappa shape index (κ3) is 4.80. The van der Waals surface area contributed by atoms with Crippen molar-refractivity contribution in [2.75, 3.05) is 19.5 Å². The molecule has 5 heteroatoms. The van der Waals surface area contributed by atoms with Crippen LogP contribution < -0.4 is 5.73 Å². The van der Waals surface area contributed by atoms with Gasteiger partial charge in [-0.05, 0) is 23.7 Å². The van der Waals surface area contributed by atoms with Gasteiger partial charge in [0.2, 0.25) is 5.24 Å². The van der Waals surface area contributed by atoms with E-state index in [1.54, 1.807) is 6.20 Å². The molecule has 17 heavy (non-hydrogen) atoms. The third-order valence-electron chi connectivity index (χ3n) is 1.87. The summed E-state index contributed by atoms with van der Waals surface area (Å²) in [5.74, 6) is 0. The zero-order chi connectivity index (χ0) is 12.7. The molecule has 1 aromatic heterocycles. The Balaban J connectivity index is 0.000000209. The highest BCUT2D eigenvalue weighted by Crippen LogP contribution is 2.12. The van der Waals surface area contributed by atoms with Gasteiger partial charge in [-0.15, -0.1) is 0 Å². The Bertz CT molecular complexity index is 503. The van der Waals surface area contributed by atoms with Gasteiger partial charge in [-0.1, -0.05) is 18.2 Å². The van der Waals surface area contributed by atoms with E-state index in [2.05, 4.69) is 9.72 Å². The number of anilines is 1. The molecule has 0 unspecified atom stereocenters. The van der Waals surface area contributed by atoms with Crippen LogP contribution >= 0.6 is 11.6 Å². The number of carbonyl (C=O) groups excluding carboxylic acids is 1. The van der Waals surface area contributed by atoms with Gasteiger partial charge in [0.15, 0.2) is 0 Å². The molecule has 0 aliphatic carbocycles. The van der Waals surface area contributed by atoms with Crippen LogP contribution in [0.2, 0.25) is 0 Å². The van der Waals surface area contributed by atoms with Gasteiger partial charge in [0, 0.05) is 12.5 Å². The van der Waals surface area contributed by atoms with Crippen molar-refractivity contribution in [2.24, 2.45) is 0 Å². The summed E-state index contributed by atoms with van der Waals surface area (Å²) < 4.78 is 4.32. The van der Waals surface area contributed by atoms with Crippen molar-refractivity contribution in [3.05, 3.63) is 36.5 Å². The van der Waals surface area contributed by atoms with Crippen LogP contribution in [0.3, 0.4) is 0 Å². The minimum Gasteiger partial charge on any atom is -0.397 e. The molecule has 2 rings (SSSR count). The molecule has 0 atom stereocenters. The number of halogens is 1. The van der Waals surface area contributed by atoms with E-state index in [0.29, 0.717) is 5.69 Å². The van der Waals surface area contributed by atoms with Crippen LogP contribution in [0.4, 0.5) is 5.69 Å². The zero-order valence-electron chi connectivity index (χ0n) is 9.39. The summed E-state index contributed by atoms with van der Waals surface area (Å²) in [6.45, 7) is 0.00154. The van der Waals surface area contributed by atoms with E-state index < -0.39 is 5.24 Å². The number of hydrogen-bond acceptors (Lipinski definition) is 4. The van der Waals surface area contributed by atoms with Crippen LogP contribution in [0.5, 0.6) is 0 Å². The number of carbonyl (C=O) groups is 1. The van der Waals surface area contributed by atoms with Crippen molar-refractivity contribution in [3.63, 3.8) is 0 Å². The number of nitrogens with zero attached hydrogens (tertiary/aromatic N) is 1. The molecular formula is C12H13ClN2O2. The lowest BCUT2D eigenvalue weighted by Gasteiger charge is -1.95. The predicted molar refractivity (Wildman–Crippen MR) is 68.9 cm³/mol. The van der Waals surface area contributed by atoms with Crippen LogP contribution in [0, 0.1) is 0 Å². The number of benzene rings is 1. The standard InChI is InChI=1S/C9H8N2.C3H5ClO2/c10-8-5-7-3-1-2-4-9(7)11-6-8;1-6-2-3(4)5/h1-6H,10H2;2H2,1H3. The molecule has 0 aliphatic rings. The summed E-state index contributed by atoms with van der Waals surface area (Å²) in [4.78, 5) is 13.8. The SMILES string of the molecule is COCC(=O)Cl.Nc1cnc2ccccc2c1. The van der Waals surface area contributed by atoms with E-state index in [0.717, 1.165) is 10.9 Å². The molecule has 1 heterocycles. The van der Waals surface area contributed by atoms with Crippen molar-refractivity contribution < 1.29 is 9.53 Å². The van der Waals surface area contributed by atoms with E-state index >= 15 is 0 Å². The molecule has 0 saturated heterocycles. The molecule has 0 spiro atoms. The van der Waals surface area contributed by atoms with Gasteiger partial charge in [-0.3, -0.25) is 9.78 Å². The molecule has 0 fully saturated rings. The van der Waals surface area contributed by atoms with Crippen LogP contribution in [0.1, 0.15) is 0 Å². The van der Waals surface area contributed by atoms with Gasteiger partial charge in [-0.2, -0.15) is 0 Å². The number of fused-ring (bicyclic) bond motifs is 1. The minimum atomic E-state index is -0.461. The Morgan fingerprint density at radius 1 is 1.47 bits per heavy atom. The number of para-hydroxylation sites is 1. The quantitative estimate of drug-likeness (QED) is 0.833. The van der Waals surface area contributed by atoms with E-state index in [1.165, 1.54) is 7.11 Å². The summed E-state index contributed by atoms with van der Waals surface area (Å²) in [5, 5.41) is 0.630. The van der Waals surface area contributed by atoms with Crippen molar-refractivity contribution in [3.8, 4) is 0 Å². The summed E-state index contributed by atoms with van der Waals surface area (Å²) in [6, 6.07) is 9.82. The smallest absolute Gasteiger partial charge is 0.247 e. The molecule has 0 amide bonds. The van der Waals surface area contributed by atoms with Gasteiger partial charge in [0.1, 0.15) is 6.61 Å². The molecule has 0 saturated carbocycles. The molecule has 0 bridgehead atoms. The summed E-state index contributed by atoms with van der Waals surface area (Å²) in [7, 11) is 1.42. The molecule has 2 N–H and O–H groups in total. The fourth-order valence-corrected chi connectivity index (χ4v) is 1.31. The number of methoxy groups -OCH3 is 1. The Kier molecular flexibility index (Phi) is 5.39. The number of pyridine rings is 1. The summed E-state index contributed by atoms with van der Waals surface area (Å²) >= 11 is 4.81. The molecule has 90 valence electrons. The van der Waals surface area contributed by atoms with Crippen LogP contribution in [0.25, 0.3) is 10.9 Å². The van der Waals surface area contributed by atoms with Crippen molar-refractivity contribution >= 4 is 33.4 Å². The number of rotatable bonds is 2. The van der Waals surface area contributed by atoms with Crippen LogP contribution in [-0.2, 0) is 9.53 Å². The lowest BCUT2D eigenvalue weighted by atomic mass is 10.2. The normalized spacial score (nSPS) is 9.53. The molecule has 0 radical (unpaired) electrons. The first-order valence-corrected chi connectivity index (χ1v) is 5.29. The third-order valence-corrected chi connectivity index (χ3v) is 1.98. The van der Waals surface area contributed by atoms with E-state index in [9.17, 15) is 4.79 Å². The summed E-state index contributed by atoms with van der Waals surface area (Å²) in [5.41, 5.74) is 7.26. The van der Waals surface area contributed by atoms with E-state index in [-0.39, 0.29) is 6.61 Å². The Hall–Kier alpha value is -1.65. The Morgan fingerprint density at radius 3 is 2.76 bits per heavy atom. The maximum Gasteiger partial charge on any atom is 0.247 e. The fourth-order valence-electron chi connectivity index (χ4n) is 1.20. The van der Waals surface area contributed by atoms with Gasteiger partial charge < -0.3 is 10.5 Å². The first kappa shape index (κ1) is 13.4. The van der Waals surface area contributed by atoms with Crippen LogP contribution in [-0.4, -0.2) is 23.9 Å². The zero-order valence-corrected chi connectivity index (χ0v) is 10.1. The fraction of sp³-hybridized carbons (Fsp3) is 0.167. The second-order valence-corrected chi connectivity index (χ2v) is 3.67. The maximum atomic E-state index is 9.68. The van der Waals surface area contributed by atoms with Crippen molar-refractivity contribution in [1.82, 2.24) is 4.98 Å². The predicted octanol–water partition coefficient (Wildman–Crippen LogP) is 2.22. The molecular weight excluding hydrogens is 240 g/mol. The van der Waals surface area contributed by atoms with Gasteiger partial charge >= 0.3 is 0 Å². The second-order valence-electron chi connectivity index (χ2n) is 3.25. The highest BCUT2D eigenvalue weighted by Gasteiger charge is 1.91. The minimum absolute atomic E-state index is 0.00154. The van der Waals surface area contributed by atoms with Crippen molar-refractivity contribution in [2.45, 2.75) is 0 Å². The summed E-state index contributed by atoms with van der Waals surface area (Å²) in [6.07, 6.45) is 1.67. The largest absolute Gasteiger partial charge is 0.397 e. The Morgan fingerprint density at radius 2 is 2.18 bits per heavy atom. The van der Waals surface area contributed by atoms with Crippen LogP contribution in [0.15, 0.2) is 36.5 Å². The number of aromatic nitrogens is 1. The molecule has 0 aliphatic heterocycles. The first-order valence-electron chi connectivity index (χ1n) is 4.91. The maximum absolute atomic E-state index is 9.68. The van der Waals surface area contributed by atoms with Crippen molar-refractivity contribution in [1.29, 1.82) is 0 Å². The second kappa shape index (κ2) is 6.83. The number of nitrogens with two attached hydrogens (primary N) is 1. The van der Waals surface area contributed by atoms with E-state index in [4.69, 9.17) is 17.3 Å². The highest BCUT2D eigenvalue weighted by atomic mass is 35.5. The molecule has 4 nitrogen and oxygen atoms in total. The monoisotopic (exact) mass is 252 g/mol. The highest BCUT2D eigenvalue weighted by molar-refractivity contribution is 6.63. The lowest BCUT2D eigenvalue weighted by molar-refractivity contribution is -0.114. The number of hydrogen-bond donors (Lipinski definition) is 1. The average Bonchev–Trinajstić information content (AvgIpc) is 2.29. The van der Waals surface area contributed by atoms with E-state index in [1.807, 2.05) is 30.3 Å².